The molecule has 1 rings (SSSR count). The van der Waals surface area contributed by atoms with Gasteiger partial charge in [-0.3, -0.25) is 4.79 Å². The Bertz CT molecular complexity index is 369. The summed E-state index contributed by atoms with van der Waals surface area (Å²) in [4.78, 5) is 11.5. The third-order valence-electron chi connectivity index (χ3n) is 2.12. The second-order valence-electron chi connectivity index (χ2n) is 3.43. The van der Waals surface area contributed by atoms with Gasteiger partial charge in [0.15, 0.2) is 5.75 Å². The Morgan fingerprint density at radius 2 is 2.19 bits per heavy atom. The molecule has 0 spiro atoms. The molecule has 0 bridgehead atoms. The van der Waals surface area contributed by atoms with E-state index in [-0.39, 0.29) is 11.7 Å². The maximum Gasteiger partial charge on any atom is 0.224 e. The number of halogens is 1. The van der Waals surface area contributed by atoms with E-state index in [1.807, 2.05) is 0 Å². The van der Waals surface area contributed by atoms with Crippen LogP contribution >= 0.6 is 15.9 Å². The predicted octanol–water partition coefficient (Wildman–Crippen LogP) is 2.22. The highest BCUT2D eigenvalue weighted by Gasteiger charge is 2.07. The van der Waals surface area contributed by atoms with Crippen LogP contribution in [-0.4, -0.2) is 17.6 Å². The maximum absolute atomic E-state index is 11.5. The lowest BCUT2D eigenvalue weighted by molar-refractivity contribution is -0.116. The normalized spacial score (nSPS) is 10.1. The van der Waals surface area contributed by atoms with Crippen LogP contribution in [0, 0.1) is 0 Å². The molecule has 0 radical (unpaired) electrons. The van der Waals surface area contributed by atoms with E-state index in [2.05, 4.69) is 21.2 Å². The Labute approximate surface area is 103 Å². The zero-order valence-corrected chi connectivity index (χ0v) is 10.5. The van der Waals surface area contributed by atoms with Crippen molar-refractivity contribution in [2.24, 2.45) is 5.73 Å². The Morgan fingerprint density at radius 1 is 1.44 bits per heavy atom. The molecule has 0 unspecified atom stereocenters. The number of rotatable bonds is 5. The first kappa shape index (κ1) is 13.0. The van der Waals surface area contributed by atoms with Gasteiger partial charge in [-0.2, -0.15) is 0 Å². The highest BCUT2D eigenvalue weighted by molar-refractivity contribution is 9.10. The first-order valence-corrected chi connectivity index (χ1v) is 5.92. The number of phenols is 1. The van der Waals surface area contributed by atoms with Crippen molar-refractivity contribution in [1.82, 2.24) is 0 Å². The minimum atomic E-state index is -0.109. The van der Waals surface area contributed by atoms with E-state index in [9.17, 15) is 9.90 Å². The summed E-state index contributed by atoms with van der Waals surface area (Å²) in [6.45, 7) is 0.593. The molecule has 4 nitrogen and oxygen atoms in total. The SMILES string of the molecule is NCCCCC(=O)Nc1cccc(Br)c1O. The number of para-hydroxylation sites is 1. The Kier molecular flexibility index (Phi) is 5.28. The van der Waals surface area contributed by atoms with Crippen molar-refractivity contribution < 1.29 is 9.90 Å². The molecular weight excluding hydrogens is 272 g/mol. The fourth-order valence-corrected chi connectivity index (χ4v) is 1.63. The van der Waals surface area contributed by atoms with Crippen molar-refractivity contribution in [1.29, 1.82) is 0 Å². The first-order chi connectivity index (χ1) is 7.65. The van der Waals surface area contributed by atoms with Crippen LogP contribution in [0.2, 0.25) is 0 Å². The highest BCUT2D eigenvalue weighted by Crippen LogP contribution is 2.31. The van der Waals surface area contributed by atoms with E-state index in [0.717, 1.165) is 12.8 Å². The number of carbonyl (C=O) groups is 1. The number of hydrogen-bond acceptors (Lipinski definition) is 3. The van der Waals surface area contributed by atoms with E-state index in [0.29, 0.717) is 23.1 Å². The molecule has 0 atom stereocenters. The van der Waals surface area contributed by atoms with Gasteiger partial charge in [-0.15, -0.1) is 0 Å². The van der Waals surface area contributed by atoms with Gasteiger partial charge in [0.2, 0.25) is 5.91 Å². The molecule has 1 amide bonds. The molecule has 0 heterocycles. The molecule has 4 N–H and O–H groups in total. The molecule has 0 aliphatic heterocycles. The van der Waals surface area contributed by atoms with Gasteiger partial charge < -0.3 is 16.2 Å². The number of nitrogens with two attached hydrogens (primary N) is 1. The van der Waals surface area contributed by atoms with Crippen LogP contribution in [0.5, 0.6) is 5.75 Å². The van der Waals surface area contributed by atoms with Crippen LogP contribution in [0.25, 0.3) is 0 Å². The zero-order valence-electron chi connectivity index (χ0n) is 8.87. The van der Waals surface area contributed by atoms with Crippen LogP contribution in [-0.2, 0) is 4.79 Å². The largest absolute Gasteiger partial charge is 0.505 e. The number of anilines is 1. The average molecular weight is 287 g/mol. The quantitative estimate of drug-likeness (QED) is 0.574. The summed E-state index contributed by atoms with van der Waals surface area (Å²) in [6.07, 6.45) is 2.01. The van der Waals surface area contributed by atoms with Gasteiger partial charge >= 0.3 is 0 Å². The Balaban J connectivity index is 2.53. The topological polar surface area (TPSA) is 75.4 Å². The van der Waals surface area contributed by atoms with Crippen molar-refractivity contribution >= 4 is 27.5 Å². The minimum absolute atomic E-state index is 0.0506. The van der Waals surface area contributed by atoms with Crippen molar-refractivity contribution in [2.45, 2.75) is 19.3 Å². The first-order valence-electron chi connectivity index (χ1n) is 5.12. The summed E-state index contributed by atoms with van der Waals surface area (Å²) < 4.78 is 0.562. The van der Waals surface area contributed by atoms with Gasteiger partial charge in [0.05, 0.1) is 10.2 Å². The number of phenolic OH excluding ortho intramolecular Hbond substituents is 1. The summed E-state index contributed by atoms with van der Waals surface area (Å²) in [6, 6.07) is 5.11. The molecule has 0 aliphatic carbocycles. The fourth-order valence-electron chi connectivity index (χ4n) is 1.26. The third-order valence-corrected chi connectivity index (χ3v) is 2.76. The van der Waals surface area contributed by atoms with E-state index in [1.165, 1.54) is 0 Å². The summed E-state index contributed by atoms with van der Waals surface area (Å²) in [5.74, 6) is -0.0588. The molecule has 1 aromatic carbocycles. The van der Waals surface area contributed by atoms with Crippen molar-refractivity contribution in [3.8, 4) is 5.75 Å². The fraction of sp³-hybridized carbons (Fsp3) is 0.364. The standard InChI is InChI=1S/C11H15BrN2O2/c12-8-4-3-5-9(11(8)16)14-10(15)6-1-2-7-13/h3-5,16H,1-2,6-7,13H2,(H,14,15). The second-order valence-corrected chi connectivity index (χ2v) is 4.28. The van der Waals surface area contributed by atoms with E-state index < -0.39 is 0 Å². The summed E-state index contributed by atoms with van der Waals surface area (Å²) in [5.41, 5.74) is 5.76. The van der Waals surface area contributed by atoms with Crippen molar-refractivity contribution in [3.63, 3.8) is 0 Å². The van der Waals surface area contributed by atoms with Crippen LogP contribution in [0.15, 0.2) is 22.7 Å². The smallest absolute Gasteiger partial charge is 0.224 e. The number of carbonyl (C=O) groups excluding carboxylic acids is 1. The molecule has 0 aliphatic rings. The van der Waals surface area contributed by atoms with Gasteiger partial charge in [-0.1, -0.05) is 6.07 Å². The molecule has 0 saturated heterocycles. The van der Waals surface area contributed by atoms with Gasteiger partial charge in [0, 0.05) is 6.42 Å². The summed E-state index contributed by atoms with van der Waals surface area (Å²) in [7, 11) is 0. The molecule has 88 valence electrons. The molecular formula is C11H15BrN2O2. The van der Waals surface area contributed by atoms with Gasteiger partial charge in [-0.05, 0) is 47.4 Å². The van der Waals surface area contributed by atoms with Crippen LogP contribution in [0.3, 0.4) is 0 Å². The Morgan fingerprint density at radius 3 is 2.88 bits per heavy atom. The molecule has 1 aromatic rings. The number of aromatic hydroxyl groups is 1. The van der Waals surface area contributed by atoms with E-state index >= 15 is 0 Å². The lowest BCUT2D eigenvalue weighted by Crippen LogP contribution is -2.12. The van der Waals surface area contributed by atoms with Gasteiger partial charge in [0.1, 0.15) is 0 Å². The number of hydrogen-bond donors (Lipinski definition) is 3. The Hall–Kier alpha value is -1.07. The van der Waals surface area contributed by atoms with E-state index in [1.54, 1.807) is 18.2 Å². The molecule has 16 heavy (non-hydrogen) atoms. The molecule has 0 saturated carbocycles. The summed E-state index contributed by atoms with van der Waals surface area (Å²) >= 11 is 3.18. The highest BCUT2D eigenvalue weighted by atomic mass is 79.9. The third kappa shape index (κ3) is 3.83. The molecule has 5 heteroatoms. The van der Waals surface area contributed by atoms with Crippen molar-refractivity contribution in [2.75, 3.05) is 11.9 Å². The van der Waals surface area contributed by atoms with Crippen LogP contribution in [0.4, 0.5) is 5.69 Å². The van der Waals surface area contributed by atoms with E-state index in [4.69, 9.17) is 5.73 Å². The molecule has 0 fully saturated rings. The number of nitrogens with one attached hydrogen (secondary N) is 1. The van der Waals surface area contributed by atoms with Gasteiger partial charge in [-0.25, -0.2) is 0 Å². The van der Waals surface area contributed by atoms with Crippen LogP contribution in [0.1, 0.15) is 19.3 Å². The van der Waals surface area contributed by atoms with Crippen molar-refractivity contribution in [3.05, 3.63) is 22.7 Å². The number of unbranched alkanes of at least 4 members (excludes halogenated alkanes) is 1. The summed E-state index contributed by atoms with van der Waals surface area (Å²) in [5, 5.41) is 12.3. The lowest BCUT2D eigenvalue weighted by Gasteiger charge is -2.07. The molecule has 0 aromatic heterocycles. The minimum Gasteiger partial charge on any atom is -0.505 e. The number of benzene rings is 1. The lowest BCUT2D eigenvalue weighted by atomic mass is 10.2. The predicted molar refractivity (Wildman–Crippen MR) is 67.3 cm³/mol. The zero-order chi connectivity index (χ0) is 12.0. The average Bonchev–Trinajstić information content (AvgIpc) is 2.25. The number of amides is 1. The van der Waals surface area contributed by atoms with Crippen LogP contribution < -0.4 is 11.1 Å². The van der Waals surface area contributed by atoms with Gasteiger partial charge in [0.25, 0.3) is 0 Å². The maximum atomic E-state index is 11.5. The monoisotopic (exact) mass is 286 g/mol. The second kappa shape index (κ2) is 6.50.